The Balaban J connectivity index is 1.67. The van der Waals surface area contributed by atoms with Gasteiger partial charge in [-0.25, -0.2) is 4.39 Å². The number of hydrogen-bond donors (Lipinski definition) is 2. The van der Waals surface area contributed by atoms with Crippen LogP contribution in [0.5, 0.6) is 0 Å². The van der Waals surface area contributed by atoms with E-state index < -0.39 is 6.17 Å². The van der Waals surface area contributed by atoms with Crippen molar-refractivity contribution in [1.82, 2.24) is 10.6 Å². The monoisotopic (exact) mass is 200 g/mol. The van der Waals surface area contributed by atoms with Gasteiger partial charge in [0.15, 0.2) is 0 Å². The van der Waals surface area contributed by atoms with E-state index in [4.69, 9.17) is 0 Å². The van der Waals surface area contributed by atoms with Gasteiger partial charge in [-0.05, 0) is 18.8 Å². The molecule has 2 aliphatic rings. The molecule has 1 aliphatic carbocycles. The predicted molar refractivity (Wildman–Crippen MR) is 51.7 cm³/mol. The van der Waals surface area contributed by atoms with Gasteiger partial charge in [-0.2, -0.15) is 0 Å². The number of halogens is 1. The molecule has 80 valence electrons. The lowest BCUT2D eigenvalue weighted by atomic mass is 9.85. The summed E-state index contributed by atoms with van der Waals surface area (Å²) in [6, 6.07) is -0.301. The van der Waals surface area contributed by atoms with Crippen LogP contribution in [0.1, 0.15) is 25.7 Å². The van der Waals surface area contributed by atoms with Crippen molar-refractivity contribution in [1.29, 1.82) is 0 Å². The lowest BCUT2D eigenvalue weighted by molar-refractivity contribution is -0.123. The van der Waals surface area contributed by atoms with Crippen molar-refractivity contribution in [3.8, 4) is 0 Å². The summed E-state index contributed by atoms with van der Waals surface area (Å²) in [7, 11) is 0. The number of rotatable bonds is 3. The van der Waals surface area contributed by atoms with Crippen LogP contribution >= 0.6 is 0 Å². The topological polar surface area (TPSA) is 41.1 Å². The molecule has 0 spiro atoms. The molecule has 1 amide bonds. The maximum absolute atomic E-state index is 12.8. The van der Waals surface area contributed by atoms with Crippen LogP contribution < -0.4 is 10.6 Å². The minimum Gasteiger partial charge on any atom is -0.354 e. The number of carbonyl (C=O) groups is 1. The summed E-state index contributed by atoms with van der Waals surface area (Å²) in [6.45, 7) is 1.09. The second kappa shape index (κ2) is 4.26. The Morgan fingerprint density at radius 2 is 2.29 bits per heavy atom. The molecule has 2 N–H and O–H groups in total. The lowest BCUT2D eigenvalue weighted by Crippen LogP contribution is -2.43. The molecule has 0 aromatic rings. The number of alkyl halides is 1. The third-order valence-corrected chi connectivity index (χ3v) is 3.18. The zero-order valence-corrected chi connectivity index (χ0v) is 8.26. The van der Waals surface area contributed by atoms with Crippen molar-refractivity contribution < 1.29 is 9.18 Å². The molecule has 1 saturated heterocycles. The van der Waals surface area contributed by atoms with Crippen molar-refractivity contribution in [3.05, 3.63) is 0 Å². The fourth-order valence-electron chi connectivity index (χ4n) is 1.96. The first-order valence-corrected chi connectivity index (χ1v) is 5.41. The number of carbonyl (C=O) groups excluding carboxylic acids is 1. The standard InChI is InChI=1S/C10H17FN2O/c11-8-4-9(12-6-8)10(14)13-5-7-2-1-3-7/h7-9,12H,1-6H2,(H,13,14)/t8-,9+/m1/s1. The van der Waals surface area contributed by atoms with Crippen LogP contribution in [0.15, 0.2) is 0 Å². The molecule has 2 fully saturated rings. The Bertz CT molecular complexity index is 218. The summed E-state index contributed by atoms with van der Waals surface area (Å²) in [4.78, 5) is 11.5. The molecule has 0 unspecified atom stereocenters. The average Bonchev–Trinajstić information content (AvgIpc) is 2.49. The lowest BCUT2D eigenvalue weighted by Gasteiger charge is -2.26. The molecule has 3 nitrogen and oxygen atoms in total. The molecule has 0 aromatic carbocycles. The van der Waals surface area contributed by atoms with Crippen molar-refractivity contribution in [2.24, 2.45) is 5.92 Å². The van der Waals surface area contributed by atoms with Crippen molar-refractivity contribution in [2.75, 3.05) is 13.1 Å². The maximum Gasteiger partial charge on any atom is 0.237 e. The quantitative estimate of drug-likeness (QED) is 0.700. The second-order valence-electron chi connectivity index (χ2n) is 4.34. The minimum atomic E-state index is -0.852. The molecule has 4 heteroatoms. The molecule has 0 radical (unpaired) electrons. The molecule has 2 rings (SSSR count). The summed E-state index contributed by atoms with van der Waals surface area (Å²) in [5, 5.41) is 5.76. The van der Waals surface area contributed by atoms with Crippen molar-refractivity contribution in [2.45, 2.75) is 37.9 Å². The van der Waals surface area contributed by atoms with Gasteiger partial charge < -0.3 is 10.6 Å². The Hall–Kier alpha value is -0.640. The molecule has 0 bridgehead atoms. The average molecular weight is 200 g/mol. The SMILES string of the molecule is O=C(NCC1CCC1)[C@@H]1C[C@@H](F)CN1. The van der Waals surface area contributed by atoms with Crippen molar-refractivity contribution in [3.63, 3.8) is 0 Å². The van der Waals surface area contributed by atoms with Gasteiger partial charge in [-0.1, -0.05) is 6.42 Å². The molecule has 1 aliphatic heterocycles. The summed E-state index contributed by atoms with van der Waals surface area (Å²) in [5.41, 5.74) is 0. The minimum absolute atomic E-state index is 0.0305. The third-order valence-electron chi connectivity index (χ3n) is 3.18. The Kier molecular flexibility index (Phi) is 3.01. The highest BCUT2D eigenvalue weighted by atomic mass is 19.1. The van der Waals surface area contributed by atoms with Gasteiger partial charge in [0.25, 0.3) is 0 Å². The van der Waals surface area contributed by atoms with E-state index in [1.165, 1.54) is 19.3 Å². The van der Waals surface area contributed by atoms with Gasteiger partial charge in [-0.15, -0.1) is 0 Å². The number of hydrogen-bond acceptors (Lipinski definition) is 2. The van der Waals surface area contributed by atoms with E-state index in [-0.39, 0.29) is 11.9 Å². The van der Waals surface area contributed by atoms with Crippen LogP contribution in [0.4, 0.5) is 4.39 Å². The second-order valence-corrected chi connectivity index (χ2v) is 4.34. The molecular formula is C10H17FN2O. The van der Waals surface area contributed by atoms with Crippen molar-refractivity contribution >= 4 is 5.91 Å². The smallest absolute Gasteiger partial charge is 0.237 e. The Morgan fingerprint density at radius 1 is 1.50 bits per heavy atom. The molecule has 14 heavy (non-hydrogen) atoms. The van der Waals surface area contributed by atoms with E-state index in [0.717, 1.165) is 6.54 Å². The molecular weight excluding hydrogens is 183 g/mol. The summed E-state index contributed by atoms with van der Waals surface area (Å²) in [6.07, 6.45) is 3.22. The number of amides is 1. The van der Waals surface area contributed by atoms with Crippen LogP contribution in [-0.2, 0) is 4.79 Å². The molecule has 1 heterocycles. The Morgan fingerprint density at radius 3 is 2.79 bits per heavy atom. The van der Waals surface area contributed by atoms with Gasteiger partial charge in [-0.3, -0.25) is 4.79 Å². The van der Waals surface area contributed by atoms with Crippen LogP contribution in [0.25, 0.3) is 0 Å². The first-order valence-electron chi connectivity index (χ1n) is 5.41. The van der Waals surface area contributed by atoms with Gasteiger partial charge in [0.05, 0.1) is 6.04 Å². The first-order chi connectivity index (χ1) is 6.75. The highest BCUT2D eigenvalue weighted by molar-refractivity contribution is 5.82. The highest BCUT2D eigenvalue weighted by Gasteiger charge is 2.29. The molecule has 1 saturated carbocycles. The summed E-state index contributed by atoms with van der Waals surface area (Å²) < 4.78 is 12.8. The van der Waals surface area contributed by atoms with Crippen LogP contribution in [0.3, 0.4) is 0 Å². The largest absolute Gasteiger partial charge is 0.354 e. The van der Waals surface area contributed by atoms with E-state index in [2.05, 4.69) is 10.6 Å². The Labute approximate surface area is 83.4 Å². The van der Waals surface area contributed by atoms with E-state index in [9.17, 15) is 9.18 Å². The van der Waals surface area contributed by atoms with Gasteiger partial charge in [0.2, 0.25) is 5.91 Å². The first kappa shape index (κ1) is 9.90. The molecule has 0 aromatic heterocycles. The summed E-state index contributed by atoms with van der Waals surface area (Å²) >= 11 is 0. The van der Waals surface area contributed by atoms with Gasteiger partial charge in [0.1, 0.15) is 6.17 Å². The zero-order chi connectivity index (χ0) is 9.97. The normalized spacial score (nSPS) is 32.6. The maximum atomic E-state index is 12.8. The number of nitrogens with one attached hydrogen (secondary N) is 2. The molecule has 2 atom stereocenters. The highest BCUT2D eigenvalue weighted by Crippen LogP contribution is 2.25. The van der Waals surface area contributed by atoms with Gasteiger partial charge >= 0.3 is 0 Å². The van der Waals surface area contributed by atoms with Crippen LogP contribution in [0, 0.1) is 5.92 Å². The zero-order valence-electron chi connectivity index (χ0n) is 8.26. The van der Waals surface area contributed by atoms with E-state index >= 15 is 0 Å². The summed E-state index contributed by atoms with van der Waals surface area (Å²) in [5.74, 6) is 0.638. The van der Waals surface area contributed by atoms with Gasteiger partial charge in [0, 0.05) is 19.5 Å². The third kappa shape index (κ3) is 2.23. The van der Waals surface area contributed by atoms with Crippen LogP contribution in [0.2, 0.25) is 0 Å². The van der Waals surface area contributed by atoms with E-state index in [1.807, 2.05) is 0 Å². The van der Waals surface area contributed by atoms with E-state index in [1.54, 1.807) is 0 Å². The fourth-order valence-corrected chi connectivity index (χ4v) is 1.96. The van der Waals surface area contributed by atoms with E-state index in [0.29, 0.717) is 18.9 Å². The predicted octanol–water partition coefficient (Wildman–Crippen LogP) is 0.603. The van der Waals surface area contributed by atoms with Crippen LogP contribution in [-0.4, -0.2) is 31.2 Å². The fraction of sp³-hybridized carbons (Fsp3) is 0.900.